The fourth-order valence-corrected chi connectivity index (χ4v) is 3.27. The zero-order chi connectivity index (χ0) is 11.0. The molecule has 2 heteroatoms. The molecule has 0 spiro atoms. The Balaban J connectivity index is 2.07. The summed E-state index contributed by atoms with van der Waals surface area (Å²) in [5, 5.41) is 2.13. The summed E-state index contributed by atoms with van der Waals surface area (Å²) in [5.41, 5.74) is 11.5. The third-order valence-electron chi connectivity index (χ3n) is 3.34. The number of nitrogens with two attached hydrogens (primary N) is 1. The molecule has 2 aromatic rings. The van der Waals surface area contributed by atoms with Gasteiger partial charge in [0.15, 0.2) is 0 Å². The lowest BCUT2D eigenvalue weighted by Crippen LogP contribution is -1.95. The van der Waals surface area contributed by atoms with Crippen LogP contribution in [0.4, 0.5) is 0 Å². The summed E-state index contributed by atoms with van der Waals surface area (Å²) < 4.78 is 0. The SMILES string of the molecule is NCc1sccc1-c1ccc2c(c1)CCC2. The van der Waals surface area contributed by atoms with E-state index in [2.05, 4.69) is 29.6 Å². The van der Waals surface area contributed by atoms with Crippen molar-refractivity contribution in [2.45, 2.75) is 25.8 Å². The smallest absolute Gasteiger partial charge is 0.0280 e. The standard InChI is InChI=1S/C14H15NS/c15-9-14-13(6-7-16-14)12-5-4-10-2-1-3-11(10)8-12/h4-8H,1-3,9,15H2. The Morgan fingerprint density at radius 1 is 1.12 bits per heavy atom. The van der Waals surface area contributed by atoms with Gasteiger partial charge in [-0.2, -0.15) is 0 Å². The Hall–Kier alpha value is -1.12. The molecule has 1 aliphatic rings. The van der Waals surface area contributed by atoms with Crippen molar-refractivity contribution in [2.24, 2.45) is 5.73 Å². The van der Waals surface area contributed by atoms with E-state index in [1.54, 1.807) is 11.3 Å². The quantitative estimate of drug-likeness (QED) is 0.839. The second-order valence-electron chi connectivity index (χ2n) is 4.30. The summed E-state index contributed by atoms with van der Waals surface area (Å²) >= 11 is 1.75. The monoisotopic (exact) mass is 229 g/mol. The Bertz CT molecular complexity index is 513. The Kier molecular flexibility index (Phi) is 2.54. The first-order valence-corrected chi connectivity index (χ1v) is 6.65. The van der Waals surface area contributed by atoms with Gasteiger partial charge in [-0.25, -0.2) is 0 Å². The lowest BCUT2D eigenvalue weighted by atomic mass is 10.0. The predicted octanol–water partition coefficient (Wildman–Crippen LogP) is 3.36. The molecule has 0 saturated carbocycles. The van der Waals surface area contributed by atoms with E-state index in [1.165, 1.54) is 46.4 Å². The zero-order valence-electron chi connectivity index (χ0n) is 9.20. The van der Waals surface area contributed by atoms with E-state index < -0.39 is 0 Å². The van der Waals surface area contributed by atoms with Crippen LogP contribution in [0.5, 0.6) is 0 Å². The molecule has 1 nitrogen and oxygen atoms in total. The molecule has 0 amide bonds. The maximum atomic E-state index is 5.76. The number of fused-ring (bicyclic) bond motifs is 1. The highest BCUT2D eigenvalue weighted by atomic mass is 32.1. The molecule has 0 fully saturated rings. The highest BCUT2D eigenvalue weighted by Gasteiger charge is 2.12. The Morgan fingerprint density at radius 2 is 2.00 bits per heavy atom. The van der Waals surface area contributed by atoms with Crippen molar-refractivity contribution in [1.82, 2.24) is 0 Å². The number of rotatable bonds is 2. The van der Waals surface area contributed by atoms with Crippen LogP contribution in [-0.4, -0.2) is 0 Å². The van der Waals surface area contributed by atoms with Crippen LogP contribution in [0.15, 0.2) is 29.6 Å². The normalized spacial score (nSPS) is 14.1. The van der Waals surface area contributed by atoms with Crippen molar-refractivity contribution >= 4 is 11.3 Å². The first-order valence-electron chi connectivity index (χ1n) is 5.77. The number of hydrogen-bond donors (Lipinski definition) is 1. The van der Waals surface area contributed by atoms with Gasteiger partial charge in [0.25, 0.3) is 0 Å². The van der Waals surface area contributed by atoms with Crippen LogP contribution in [0.2, 0.25) is 0 Å². The van der Waals surface area contributed by atoms with Gasteiger partial charge in [-0.05, 0) is 53.0 Å². The minimum absolute atomic E-state index is 0.643. The van der Waals surface area contributed by atoms with Gasteiger partial charge in [-0.1, -0.05) is 18.2 Å². The Morgan fingerprint density at radius 3 is 2.88 bits per heavy atom. The van der Waals surface area contributed by atoms with Crippen molar-refractivity contribution in [3.8, 4) is 11.1 Å². The minimum Gasteiger partial charge on any atom is -0.326 e. The fraction of sp³-hybridized carbons (Fsp3) is 0.286. The average Bonchev–Trinajstić information content (AvgIpc) is 2.96. The van der Waals surface area contributed by atoms with Crippen molar-refractivity contribution in [1.29, 1.82) is 0 Å². The maximum absolute atomic E-state index is 5.76. The molecule has 1 aromatic heterocycles. The number of aryl methyl sites for hydroxylation is 2. The van der Waals surface area contributed by atoms with Gasteiger partial charge in [0.2, 0.25) is 0 Å². The van der Waals surface area contributed by atoms with E-state index >= 15 is 0 Å². The molecule has 1 aromatic carbocycles. The third kappa shape index (κ3) is 1.58. The first-order chi connectivity index (χ1) is 7.88. The highest BCUT2D eigenvalue weighted by Crippen LogP contribution is 2.32. The average molecular weight is 229 g/mol. The van der Waals surface area contributed by atoms with Gasteiger partial charge in [-0.15, -0.1) is 11.3 Å². The first kappa shape index (κ1) is 10.1. The van der Waals surface area contributed by atoms with Crippen molar-refractivity contribution in [3.63, 3.8) is 0 Å². The molecule has 0 atom stereocenters. The molecule has 82 valence electrons. The molecule has 0 radical (unpaired) electrons. The molecule has 1 aliphatic carbocycles. The molecular formula is C14H15NS. The van der Waals surface area contributed by atoms with Gasteiger partial charge in [0.1, 0.15) is 0 Å². The molecule has 0 bridgehead atoms. The van der Waals surface area contributed by atoms with Crippen LogP contribution in [0.1, 0.15) is 22.4 Å². The van der Waals surface area contributed by atoms with E-state index in [1.807, 2.05) is 0 Å². The van der Waals surface area contributed by atoms with Crippen LogP contribution in [-0.2, 0) is 19.4 Å². The third-order valence-corrected chi connectivity index (χ3v) is 4.28. The second-order valence-corrected chi connectivity index (χ2v) is 5.30. The molecular weight excluding hydrogens is 214 g/mol. The molecule has 2 N–H and O–H groups in total. The molecule has 3 rings (SSSR count). The van der Waals surface area contributed by atoms with E-state index in [-0.39, 0.29) is 0 Å². The molecule has 0 aliphatic heterocycles. The van der Waals surface area contributed by atoms with Gasteiger partial charge < -0.3 is 5.73 Å². The molecule has 0 saturated heterocycles. The van der Waals surface area contributed by atoms with Crippen LogP contribution < -0.4 is 5.73 Å². The summed E-state index contributed by atoms with van der Waals surface area (Å²) in [4.78, 5) is 1.29. The van der Waals surface area contributed by atoms with Crippen molar-refractivity contribution in [2.75, 3.05) is 0 Å². The van der Waals surface area contributed by atoms with E-state index in [9.17, 15) is 0 Å². The van der Waals surface area contributed by atoms with E-state index in [4.69, 9.17) is 5.73 Å². The summed E-state index contributed by atoms with van der Waals surface area (Å²) in [5.74, 6) is 0. The van der Waals surface area contributed by atoms with Crippen LogP contribution in [0.3, 0.4) is 0 Å². The van der Waals surface area contributed by atoms with E-state index in [0.717, 1.165) is 0 Å². The van der Waals surface area contributed by atoms with Crippen molar-refractivity contribution in [3.05, 3.63) is 45.6 Å². The van der Waals surface area contributed by atoms with Crippen LogP contribution in [0.25, 0.3) is 11.1 Å². The van der Waals surface area contributed by atoms with Gasteiger partial charge in [0.05, 0.1) is 0 Å². The molecule has 0 unspecified atom stereocenters. The maximum Gasteiger partial charge on any atom is 0.0280 e. The summed E-state index contributed by atoms with van der Waals surface area (Å²) in [6.07, 6.45) is 3.81. The largest absolute Gasteiger partial charge is 0.326 e. The van der Waals surface area contributed by atoms with Gasteiger partial charge in [-0.3, -0.25) is 0 Å². The Labute approximate surface area is 99.9 Å². The second kappa shape index (κ2) is 4.04. The topological polar surface area (TPSA) is 26.0 Å². The highest BCUT2D eigenvalue weighted by molar-refractivity contribution is 7.10. The lowest BCUT2D eigenvalue weighted by molar-refractivity contribution is 0.912. The van der Waals surface area contributed by atoms with Gasteiger partial charge in [0, 0.05) is 11.4 Å². The fourth-order valence-electron chi connectivity index (χ4n) is 2.50. The zero-order valence-corrected chi connectivity index (χ0v) is 10.0. The number of hydrogen-bond acceptors (Lipinski definition) is 2. The summed E-state index contributed by atoms with van der Waals surface area (Å²) in [7, 11) is 0. The minimum atomic E-state index is 0.643. The van der Waals surface area contributed by atoms with Crippen LogP contribution >= 0.6 is 11.3 Å². The number of benzene rings is 1. The summed E-state index contributed by atoms with van der Waals surface area (Å²) in [6, 6.07) is 9.06. The van der Waals surface area contributed by atoms with Gasteiger partial charge >= 0.3 is 0 Å². The predicted molar refractivity (Wildman–Crippen MR) is 69.7 cm³/mol. The molecule has 16 heavy (non-hydrogen) atoms. The number of thiophene rings is 1. The van der Waals surface area contributed by atoms with Crippen molar-refractivity contribution < 1.29 is 0 Å². The van der Waals surface area contributed by atoms with Crippen LogP contribution in [0, 0.1) is 0 Å². The molecule has 1 heterocycles. The summed E-state index contributed by atoms with van der Waals surface area (Å²) in [6.45, 7) is 0.643. The van der Waals surface area contributed by atoms with E-state index in [0.29, 0.717) is 6.54 Å². The lowest BCUT2D eigenvalue weighted by Gasteiger charge is -2.05.